The van der Waals surface area contributed by atoms with Crippen molar-refractivity contribution in [2.24, 2.45) is 0 Å². The second-order valence-corrected chi connectivity index (χ2v) is 4.78. The second kappa shape index (κ2) is 5.74. The number of aryl methyl sites for hydroxylation is 2. The lowest BCUT2D eigenvalue weighted by Crippen LogP contribution is -2.61. The molecule has 9 heteroatoms. The Hall–Kier alpha value is -2.06. The Morgan fingerprint density at radius 2 is 1.90 bits per heavy atom. The topological polar surface area (TPSA) is 92.4 Å². The van der Waals surface area contributed by atoms with Gasteiger partial charge >= 0.3 is 12.1 Å². The van der Waals surface area contributed by atoms with E-state index >= 15 is 0 Å². The summed E-state index contributed by atoms with van der Waals surface area (Å²) in [6, 6.07) is 0. The zero-order valence-corrected chi connectivity index (χ0v) is 11.7. The first-order valence-corrected chi connectivity index (χ1v) is 6.02. The van der Waals surface area contributed by atoms with Gasteiger partial charge in [0.2, 0.25) is 11.4 Å². The molecule has 0 aliphatic heterocycles. The number of hydrogen-bond donors (Lipinski definition) is 2. The van der Waals surface area contributed by atoms with Crippen LogP contribution in [0.2, 0.25) is 0 Å². The standard InChI is InChI=1S/C12H15F3N2O4/c1-6-8(7(2)21-17-6)4-5-9(18)16-11(3,10(19)20)12(13,14)15/h4-5H2,1-3H3,(H,16,18)(H,19,20). The number of nitrogens with zero attached hydrogens (tertiary/aromatic N) is 1. The van der Waals surface area contributed by atoms with Crippen molar-refractivity contribution in [2.45, 2.75) is 45.3 Å². The Labute approximate surface area is 118 Å². The van der Waals surface area contributed by atoms with E-state index < -0.39 is 23.6 Å². The van der Waals surface area contributed by atoms with Gasteiger partial charge in [-0.2, -0.15) is 13.2 Å². The SMILES string of the molecule is Cc1noc(C)c1CCC(=O)NC(C)(C(=O)O)C(F)(F)F. The van der Waals surface area contributed by atoms with E-state index in [1.165, 1.54) is 5.32 Å². The van der Waals surface area contributed by atoms with Crippen molar-refractivity contribution < 1.29 is 32.4 Å². The number of aromatic nitrogens is 1. The third-order valence-electron chi connectivity index (χ3n) is 3.17. The summed E-state index contributed by atoms with van der Waals surface area (Å²) in [6.07, 6.45) is -5.29. The number of carbonyl (C=O) groups is 2. The molecule has 0 aliphatic carbocycles. The summed E-state index contributed by atoms with van der Waals surface area (Å²) < 4.78 is 43.1. The third-order valence-corrected chi connectivity index (χ3v) is 3.17. The highest BCUT2D eigenvalue weighted by molar-refractivity contribution is 5.87. The van der Waals surface area contributed by atoms with E-state index in [0.29, 0.717) is 23.9 Å². The van der Waals surface area contributed by atoms with Crippen molar-refractivity contribution in [2.75, 3.05) is 0 Å². The lowest BCUT2D eigenvalue weighted by Gasteiger charge is -2.28. The van der Waals surface area contributed by atoms with E-state index in [4.69, 9.17) is 9.63 Å². The Morgan fingerprint density at radius 1 is 1.33 bits per heavy atom. The summed E-state index contributed by atoms with van der Waals surface area (Å²) >= 11 is 0. The molecule has 0 aromatic carbocycles. The van der Waals surface area contributed by atoms with Gasteiger partial charge in [-0.15, -0.1) is 0 Å². The number of carboxylic acid groups (broad SMARTS) is 1. The number of rotatable bonds is 5. The molecular weight excluding hydrogens is 293 g/mol. The molecule has 0 aliphatic rings. The molecule has 2 N–H and O–H groups in total. The number of hydrogen-bond acceptors (Lipinski definition) is 4. The molecule has 0 saturated heterocycles. The third kappa shape index (κ3) is 3.53. The van der Waals surface area contributed by atoms with Gasteiger partial charge in [-0.05, 0) is 27.2 Å². The van der Waals surface area contributed by atoms with E-state index in [-0.39, 0.29) is 12.8 Å². The number of alkyl halides is 3. The largest absolute Gasteiger partial charge is 0.479 e. The first-order valence-electron chi connectivity index (χ1n) is 6.02. The van der Waals surface area contributed by atoms with Crippen LogP contribution in [0.3, 0.4) is 0 Å². The highest BCUT2D eigenvalue weighted by Crippen LogP contribution is 2.30. The minimum atomic E-state index is -5.10. The van der Waals surface area contributed by atoms with Crippen molar-refractivity contribution in [3.8, 4) is 0 Å². The van der Waals surface area contributed by atoms with Crippen molar-refractivity contribution in [1.29, 1.82) is 0 Å². The minimum absolute atomic E-state index is 0.112. The number of nitrogens with one attached hydrogen (secondary N) is 1. The van der Waals surface area contributed by atoms with Crippen LogP contribution in [0.1, 0.15) is 30.4 Å². The molecule has 1 aromatic rings. The van der Waals surface area contributed by atoms with Crippen LogP contribution in [-0.2, 0) is 16.0 Å². The first-order chi connectivity index (χ1) is 9.49. The number of aliphatic carboxylic acids is 1. The van der Waals surface area contributed by atoms with Gasteiger partial charge in [0, 0.05) is 12.0 Å². The predicted molar refractivity (Wildman–Crippen MR) is 64.5 cm³/mol. The molecule has 0 bridgehead atoms. The van der Waals surface area contributed by atoms with Gasteiger partial charge in [0.05, 0.1) is 5.69 Å². The zero-order chi connectivity index (χ0) is 16.4. The van der Waals surface area contributed by atoms with Gasteiger partial charge in [0.25, 0.3) is 0 Å². The van der Waals surface area contributed by atoms with Crippen LogP contribution in [0.25, 0.3) is 0 Å². The summed E-state index contributed by atoms with van der Waals surface area (Å²) in [4.78, 5) is 22.4. The first kappa shape index (κ1) is 17.0. The van der Waals surface area contributed by atoms with Gasteiger partial charge in [0.15, 0.2) is 0 Å². The van der Waals surface area contributed by atoms with Gasteiger partial charge in [-0.25, -0.2) is 4.79 Å². The van der Waals surface area contributed by atoms with Crippen LogP contribution in [-0.4, -0.2) is 33.9 Å². The minimum Gasteiger partial charge on any atom is -0.479 e. The predicted octanol–water partition coefficient (Wildman–Crippen LogP) is 1.75. The van der Waals surface area contributed by atoms with Gasteiger partial charge in [-0.3, -0.25) is 4.79 Å². The van der Waals surface area contributed by atoms with Crippen LogP contribution in [0, 0.1) is 13.8 Å². The van der Waals surface area contributed by atoms with Crippen molar-refractivity contribution in [3.05, 3.63) is 17.0 Å². The molecule has 0 saturated carbocycles. The number of amides is 1. The van der Waals surface area contributed by atoms with E-state index in [9.17, 15) is 22.8 Å². The Morgan fingerprint density at radius 3 is 2.29 bits per heavy atom. The van der Waals surface area contributed by atoms with Crippen molar-refractivity contribution in [1.82, 2.24) is 10.5 Å². The van der Waals surface area contributed by atoms with E-state index in [0.717, 1.165) is 0 Å². The Kier molecular flexibility index (Phi) is 4.65. The molecule has 0 fully saturated rings. The normalized spacial score (nSPS) is 14.6. The number of carboxylic acids is 1. The number of carbonyl (C=O) groups excluding carboxylic acids is 1. The van der Waals surface area contributed by atoms with Gasteiger partial charge in [-0.1, -0.05) is 5.16 Å². The van der Waals surface area contributed by atoms with E-state index in [1.54, 1.807) is 13.8 Å². The molecular formula is C12H15F3N2O4. The van der Waals surface area contributed by atoms with Crippen LogP contribution < -0.4 is 5.32 Å². The summed E-state index contributed by atoms with van der Waals surface area (Å²) in [5.41, 5.74) is -2.16. The Bertz CT molecular complexity index is 534. The molecule has 1 heterocycles. The second-order valence-electron chi connectivity index (χ2n) is 4.78. The van der Waals surface area contributed by atoms with E-state index in [2.05, 4.69) is 5.16 Å². The molecule has 6 nitrogen and oxygen atoms in total. The zero-order valence-electron chi connectivity index (χ0n) is 11.7. The smallest absolute Gasteiger partial charge is 0.422 e. The summed E-state index contributed by atoms with van der Waals surface area (Å²) in [5, 5.41) is 13.9. The summed E-state index contributed by atoms with van der Waals surface area (Å²) in [7, 11) is 0. The Balaban J connectivity index is 2.75. The van der Waals surface area contributed by atoms with Crippen molar-refractivity contribution >= 4 is 11.9 Å². The lowest BCUT2D eigenvalue weighted by molar-refractivity contribution is -0.207. The maximum atomic E-state index is 12.7. The lowest BCUT2D eigenvalue weighted by atomic mass is 10.0. The van der Waals surface area contributed by atoms with Crippen LogP contribution in [0.5, 0.6) is 0 Å². The molecule has 118 valence electrons. The van der Waals surface area contributed by atoms with Crippen molar-refractivity contribution in [3.63, 3.8) is 0 Å². The molecule has 1 atom stereocenters. The van der Waals surface area contributed by atoms with E-state index in [1.807, 2.05) is 0 Å². The maximum absolute atomic E-state index is 12.7. The fourth-order valence-corrected chi connectivity index (χ4v) is 1.68. The number of halogens is 3. The molecule has 1 unspecified atom stereocenters. The van der Waals surface area contributed by atoms with Crippen LogP contribution >= 0.6 is 0 Å². The van der Waals surface area contributed by atoms with Gasteiger partial charge in [0.1, 0.15) is 5.76 Å². The molecule has 0 radical (unpaired) electrons. The molecule has 1 rings (SSSR count). The quantitative estimate of drug-likeness (QED) is 0.864. The fraction of sp³-hybridized carbons (Fsp3) is 0.583. The molecule has 1 aromatic heterocycles. The molecule has 0 spiro atoms. The monoisotopic (exact) mass is 308 g/mol. The molecule has 1 amide bonds. The average Bonchev–Trinajstić information content (AvgIpc) is 2.64. The van der Waals surface area contributed by atoms with Crippen LogP contribution in [0.4, 0.5) is 13.2 Å². The fourth-order valence-electron chi connectivity index (χ4n) is 1.68. The average molecular weight is 308 g/mol. The van der Waals surface area contributed by atoms with Crippen LogP contribution in [0.15, 0.2) is 4.52 Å². The maximum Gasteiger partial charge on any atom is 0.422 e. The summed E-state index contributed by atoms with van der Waals surface area (Å²) in [5.74, 6) is -2.71. The molecule has 21 heavy (non-hydrogen) atoms. The highest BCUT2D eigenvalue weighted by atomic mass is 19.4. The summed E-state index contributed by atoms with van der Waals surface area (Å²) in [6.45, 7) is 3.66. The van der Waals surface area contributed by atoms with Gasteiger partial charge < -0.3 is 14.9 Å². The highest BCUT2D eigenvalue weighted by Gasteiger charge is 2.58.